The van der Waals surface area contributed by atoms with Crippen LogP contribution in [0.1, 0.15) is 15.9 Å². The van der Waals surface area contributed by atoms with Crippen LogP contribution >= 0.6 is 22.9 Å². The van der Waals surface area contributed by atoms with E-state index in [1.807, 2.05) is 0 Å². The first-order valence-corrected chi connectivity index (χ1v) is 11.6. The maximum atomic E-state index is 12.5. The lowest BCUT2D eigenvalue weighted by Crippen LogP contribution is -2.44. The number of rotatable bonds is 7. The predicted octanol–water partition coefficient (Wildman–Crippen LogP) is 3.35. The zero-order valence-corrected chi connectivity index (χ0v) is 18.6. The molecule has 3 aromatic rings. The Balaban J connectivity index is 1.60. The summed E-state index contributed by atoms with van der Waals surface area (Å²) in [5, 5.41) is 2.19. The molecule has 11 heteroatoms. The van der Waals surface area contributed by atoms with Crippen LogP contribution in [0, 0.1) is 6.92 Å². The normalized spacial score (nSPS) is 10.9. The number of hydrogen-bond donors (Lipinski definition) is 3. The molecule has 0 bridgehead atoms. The van der Waals surface area contributed by atoms with Gasteiger partial charge in [-0.2, -0.15) is 0 Å². The van der Waals surface area contributed by atoms with Gasteiger partial charge in [-0.25, -0.2) is 8.42 Å². The minimum atomic E-state index is -3.83. The first-order valence-electron chi connectivity index (χ1n) is 8.90. The van der Waals surface area contributed by atoms with Crippen molar-refractivity contribution in [3.8, 4) is 5.75 Å². The van der Waals surface area contributed by atoms with Crippen molar-refractivity contribution in [2.75, 3.05) is 11.3 Å². The van der Waals surface area contributed by atoms with E-state index in [2.05, 4.69) is 15.6 Å². The molecular weight excluding hydrogens is 462 g/mol. The minimum absolute atomic E-state index is 0.0393. The summed E-state index contributed by atoms with van der Waals surface area (Å²) in [6, 6.07) is 14.1. The molecule has 0 radical (unpaired) electrons. The van der Waals surface area contributed by atoms with Crippen LogP contribution < -0.4 is 20.3 Å². The number of hydrogen-bond acceptors (Lipinski definition) is 6. The fraction of sp³-hybridized carbons (Fsp3) is 0.100. The molecule has 31 heavy (non-hydrogen) atoms. The second kappa shape index (κ2) is 9.82. The number of carbonyl (C=O) groups is 2. The molecule has 1 heterocycles. The van der Waals surface area contributed by atoms with Gasteiger partial charge in [0.2, 0.25) is 0 Å². The summed E-state index contributed by atoms with van der Waals surface area (Å²) in [5.74, 6) is -0.806. The molecule has 2 amide bonds. The van der Waals surface area contributed by atoms with E-state index in [-0.39, 0.29) is 22.1 Å². The fourth-order valence-corrected chi connectivity index (χ4v) is 4.83. The van der Waals surface area contributed by atoms with Gasteiger partial charge in [0.1, 0.15) is 9.96 Å². The number of aryl methyl sites for hydroxylation is 1. The number of sulfonamides is 1. The van der Waals surface area contributed by atoms with Crippen molar-refractivity contribution in [2.45, 2.75) is 11.1 Å². The Labute approximate surface area is 188 Å². The van der Waals surface area contributed by atoms with Crippen LogP contribution in [0.15, 0.2) is 64.2 Å². The lowest BCUT2D eigenvalue weighted by Gasteiger charge is -2.13. The third kappa shape index (κ3) is 5.97. The summed E-state index contributed by atoms with van der Waals surface area (Å²) in [6.45, 7) is 1.45. The maximum absolute atomic E-state index is 12.5. The summed E-state index contributed by atoms with van der Waals surface area (Å²) in [4.78, 5) is 24.5. The molecule has 0 aliphatic heterocycles. The van der Waals surface area contributed by atoms with Crippen molar-refractivity contribution in [2.24, 2.45) is 0 Å². The molecule has 0 aliphatic carbocycles. The van der Waals surface area contributed by atoms with Crippen LogP contribution in [-0.2, 0) is 14.8 Å². The molecule has 2 aromatic carbocycles. The lowest BCUT2D eigenvalue weighted by molar-refractivity contribution is -0.123. The SMILES string of the molecule is Cc1cc(Cl)ccc1OCC(=O)NNC(=O)c1ccccc1NS(=O)(=O)c1cccs1. The summed E-state index contributed by atoms with van der Waals surface area (Å²) in [6.07, 6.45) is 0. The van der Waals surface area contributed by atoms with Gasteiger partial charge in [0, 0.05) is 5.02 Å². The lowest BCUT2D eigenvalue weighted by atomic mass is 10.2. The van der Waals surface area contributed by atoms with E-state index in [4.69, 9.17) is 16.3 Å². The highest BCUT2D eigenvalue weighted by atomic mass is 35.5. The van der Waals surface area contributed by atoms with Crippen molar-refractivity contribution >= 4 is 50.5 Å². The van der Waals surface area contributed by atoms with E-state index in [1.54, 1.807) is 48.7 Å². The highest BCUT2D eigenvalue weighted by Gasteiger charge is 2.19. The number of halogens is 1. The highest BCUT2D eigenvalue weighted by Crippen LogP contribution is 2.23. The van der Waals surface area contributed by atoms with Crippen LogP contribution in [0.3, 0.4) is 0 Å². The largest absolute Gasteiger partial charge is 0.483 e. The molecule has 3 N–H and O–H groups in total. The molecule has 3 rings (SSSR count). The van der Waals surface area contributed by atoms with Gasteiger partial charge < -0.3 is 4.74 Å². The number of benzene rings is 2. The minimum Gasteiger partial charge on any atom is -0.483 e. The quantitative estimate of drug-likeness (QED) is 0.450. The molecule has 0 atom stereocenters. The number of ether oxygens (including phenoxy) is 1. The molecule has 8 nitrogen and oxygen atoms in total. The zero-order valence-electron chi connectivity index (χ0n) is 16.2. The maximum Gasteiger partial charge on any atom is 0.276 e. The van der Waals surface area contributed by atoms with Gasteiger partial charge in [0.05, 0.1) is 11.3 Å². The van der Waals surface area contributed by atoms with Crippen LogP contribution in [0.25, 0.3) is 0 Å². The first-order chi connectivity index (χ1) is 14.8. The monoisotopic (exact) mass is 479 g/mol. The summed E-state index contributed by atoms with van der Waals surface area (Å²) >= 11 is 6.93. The number of anilines is 1. The van der Waals surface area contributed by atoms with Gasteiger partial charge in [-0.1, -0.05) is 29.8 Å². The molecule has 0 fully saturated rings. The number of thiophene rings is 1. The van der Waals surface area contributed by atoms with E-state index in [0.717, 1.165) is 16.9 Å². The third-order valence-corrected chi connectivity index (χ3v) is 6.99. The summed E-state index contributed by atoms with van der Waals surface area (Å²) in [7, 11) is -3.83. The zero-order chi connectivity index (χ0) is 22.4. The van der Waals surface area contributed by atoms with E-state index >= 15 is 0 Å². The average molecular weight is 480 g/mol. The first kappa shape index (κ1) is 22.6. The molecule has 162 valence electrons. The number of hydrazine groups is 1. The Hall–Kier alpha value is -3.08. The second-order valence-electron chi connectivity index (χ2n) is 6.28. The molecule has 1 aromatic heterocycles. The average Bonchev–Trinajstić information content (AvgIpc) is 3.27. The van der Waals surface area contributed by atoms with Crippen molar-refractivity contribution < 1.29 is 22.7 Å². The molecule has 0 spiro atoms. The third-order valence-electron chi connectivity index (χ3n) is 3.99. The Morgan fingerprint density at radius 1 is 1.06 bits per heavy atom. The van der Waals surface area contributed by atoms with E-state index in [9.17, 15) is 18.0 Å². The van der Waals surface area contributed by atoms with Crippen LogP contribution in [0.5, 0.6) is 5.75 Å². The molecule has 0 saturated carbocycles. The van der Waals surface area contributed by atoms with Crippen molar-refractivity contribution in [3.05, 3.63) is 76.1 Å². The van der Waals surface area contributed by atoms with Gasteiger partial charge >= 0.3 is 0 Å². The van der Waals surface area contributed by atoms with Gasteiger partial charge in [-0.15, -0.1) is 11.3 Å². The molecule has 0 aliphatic rings. The standard InChI is InChI=1S/C20H18ClN3O5S2/c1-13-11-14(21)8-9-17(13)29-12-18(25)22-23-20(26)15-5-2-3-6-16(15)24-31(27,28)19-7-4-10-30-19/h2-11,24H,12H2,1H3,(H,22,25)(H,23,26). The van der Waals surface area contributed by atoms with Crippen LogP contribution in [0.2, 0.25) is 5.02 Å². The summed E-state index contributed by atoms with van der Waals surface area (Å²) in [5.41, 5.74) is 5.36. The highest BCUT2D eigenvalue weighted by molar-refractivity contribution is 7.94. The van der Waals surface area contributed by atoms with E-state index in [1.165, 1.54) is 18.2 Å². The molecule has 0 unspecified atom stereocenters. The van der Waals surface area contributed by atoms with Crippen LogP contribution in [-0.4, -0.2) is 26.8 Å². The predicted molar refractivity (Wildman–Crippen MR) is 119 cm³/mol. The number of amides is 2. The van der Waals surface area contributed by atoms with Crippen molar-refractivity contribution in [1.82, 2.24) is 10.9 Å². The van der Waals surface area contributed by atoms with Gasteiger partial charge in [-0.05, 0) is 54.3 Å². The smallest absolute Gasteiger partial charge is 0.276 e. The van der Waals surface area contributed by atoms with Crippen molar-refractivity contribution in [3.63, 3.8) is 0 Å². The molecular formula is C20H18ClN3O5S2. The Morgan fingerprint density at radius 2 is 1.84 bits per heavy atom. The molecule has 0 saturated heterocycles. The fourth-order valence-electron chi connectivity index (χ4n) is 2.53. The van der Waals surface area contributed by atoms with Gasteiger partial charge in [0.25, 0.3) is 21.8 Å². The number of carbonyl (C=O) groups excluding carboxylic acids is 2. The summed E-state index contributed by atoms with van der Waals surface area (Å²) < 4.78 is 32.8. The number of para-hydroxylation sites is 1. The Bertz CT molecular complexity index is 1200. The van der Waals surface area contributed by atoms with Gasteiger partial charge in [-0.3, -0.25) is 25.2 Å². The van der Waals surface area contributed by atoms with Crippen LogP contribution in [0.4, 0.5) is 5.69 Å². The Kier molecular flexibility index (Phi) is 7.16. The van der Waals surface area contributed by atoms with E-state index in [0.29, 0.717) is 10.8 Å². The topological polar surface area (TPSA) is 114 Å². The number of nitrogens with one attached hydrogen (secondary N) is 3. The van der Waals surface area contributed by atoms with Crippen molar-refractivity contribution in [1.29, 1.82) is 0 Å². The van der Waals surface area contributed by atoms with Gasteiger partial charge in [0.15, 0.2) is 6.61 Å². The van der Waals surface area contributed by atoms with E-state index < -0.39 is 21.8 Å². The second-order valence-corrected chi connectivity index (χ2v) is 9.58. The Morgan fingerprint density at radius 3 is 2.55 bits per heavy atom.